The standard InChI is InChI=1S/C26H32N4O5/c1-6-30-25(32)29-15-18-12-19(33-4)13-21(34-5)23(18)16(2)11-22(29)26(30)7-9-28(10-8-26)24(31)20-14-27-35-17(20)3/h11-14,16H,6-10,15H2,1-5H3/p+1/t16-/m0/s1. The smallest absolute Gasteiger partial charge is 0.325 e. The molecule has 1 spiro atoms. The molecule has 2 fully saturated rings. The summed E-state index contributed by atoms with van der Waals surface area (Å²) in [6, 6.07) is 3.92. The first-order valence-electron chi connectivity index (χ1n) is 12.2. The van der Waals surface area contributed by atoms with Crippen molar-refractivity contribution >= 4 is 11.9 Å². The van der Waals surface area contributed by atoms with E-state index in [1.165, 1.54) is 0 Å². The van der Waals surface area contributed by atoms with Crippen molar-refractivity contribution in [3.8, 4) is 11.5 Å². The van der Waals surface area contributed by atoms with Gasteiger partial charge in [0, 0.05) is 49.8 Å². The van der Waals surface area contributed by atoms with E-state index in [2.05, 4.69) is 18.2 Å². The molecule has 0 saturated carbocycles. The van der Waals surface area contributed by atoms with Crippen LogP contribution in [0.4, 0.5) is 4.79 Å². The van der Waals surface area contributed by atoms with Crippen LogP contribution in [0.3, 0.4) is 0 Å². The number of likely N-dealkylation sites (N-methyl/N-ethyl adjacent to an activating group) is 1. The number of aryl methyl sites for hydroxylation is 1. The van der Waals surface area contributed by atoms with E-state index in [0.717, 1.165) is 22.6 Å². The summed E-state index contributed by atoms with van der Waals surface area (Å²) < 4.78 is 16.4. The van der Waals surface area contributed by atoms with Gasteiger partial charge in [-0.2, -0.15) is 0 Å². The van der Waals surface area contributed by atoms with Gasteiger partial charge in [0.25, 0.3) is 5.91 Å². The molecule has 9 nitrogen and oxygen atoms in total. The van der Waals surface area contributed by atoms with E-state index < -0.39 is 5.54 Å². The highest BCUT2D eigenvalue weighted by Gasteiger charge is 2.55. The first kappa shape index (κ1) is 23.3. The number of piperidine rings is 1. The van der Waals surface area contributed by atoms with E-state index in [4.69, 9.17) is 14.0 Å². The molecule has 0 radical (unpaired) electrons. The van der Waals surface area contributed by atoms with Gasteiger partial charge < -0.3 is 19.3 Å². The van der Waals surface area contributed by atoms with Crippen LogP contribution in [0.25, 0.3) is 0 Å². The predicted molar refractivity (Wildman–Crippen MR) is 127 cm³/mol. The third-order valence-corrected chi connectivity index (χ3v) is 7.81. The molecule has 3 aliphatic heterocycles. The van der Waals surface area contributed by atoms with Crippen molar-refractivity contribution in [1.82, 2.24) is 14.7 Å². The molecule has 3 amide bonds. The van der Waals surface area contributed by atoms with E-state index in [1.54, 1.807) is 27.3 Å². The van der Waals surface area contributed by atoms with Crippen LogP contribution in [0.5, 0.6) is 11.5 Å². The van der Waals surface area contributed by atoms with Gasteiger partial charge in [0.1, 0.15) is 11.5 Å². The third-order valence-electron chi connectivity index (χ3n) is 7.81. The summed E-state index contributed by atoms with van der Waals surface area (Å²) in [5.41, 5.74) is 3.26. The maximum atomic E-state index is 13.7. The fourth-order valence-electron chi connectivity index (χ4n) is 6.06. The number of hydrogen-bond acceptors (Lipinski definition) is 5. The van der Waals surface area contributed by atoms with Gasteiger partial charge in [-0.1, -0.05) is 13.0 Å². The number of nitrogens with one attached hydrogen (secondary N) is 1. The Kier molecular flexibility index (Phi) is 5.73. The normalized spacial score (nSPS) is 20.9. The zero-order valence-electron chi connectivity index (χ0n) is 21.0. The van der Waals surface area contributed by atoms with E-state index in [9.17, 15) is 9.59 Å². The Bertz CT molecular complexity index is 1190. The Morgan fingerprint density at radius 3 is 2.57 bits per heavy atom. The largest absolute Gasteiger partial charge is 0.497 e. The SMILES string of the molecule is CCN1C(=O)N2Cc3cc(OC)cc(OC)c3[C@@H](C)C=C2C12CCN(C(=O)c1c[nH+]oc1C)CC2. The predicted octanol–water partition coefficient (Wildman–Crippen LogP) is 3.35. The number of fused-ring (bicyclic) bond motifs is 3. The number of H-pyrrole nitrogens is 1. The molecule has 0 unspecified atom stereocenters. The van der Waals surface area contributed by atoms with Crippen LogP contribution in [0, 0.1) is 6.92 Å². The summed E-state index contributed by atoms with van der Waals surface area (Å²) >= 11 is 0. The minimum atomic E-state index is -0.437. The molecule has 1 N–H and O–H groups in total. The molecule has 5 rings (SSSR count). The lowest BCUT2D eigenvalue weighted by atomic mass is 9.82. The summed E-state index contributed by atoms with van der Waals surface area (Å²) in [5, 5.41) is 2.65. The van der Waals surface area contributed by atoms with Gasteiger partial charge >= 0.3 is 6.03 Å². The number of methoxy groups -OCH3 is 2. The summed E-state index contributed by atoms with van der Waals surface area (Å²) in [5.74, 6) is 2.07. The lowest BCUT2D eigenvalue weighted by Crippen LogP contribution is -2.54. The van der Waals surface area contributed by atoms with Gasteiger partial charge in [-0.3, -0.25) is 9.69 Å². The molecule has 2 saturated heterocycles. The van der Waals surface area contributed by atoms with Crippen LogP contribution in [0.2, 0.25) is 0 Å². The number of urea groups is 1. The number of hydrogen-bond donors (Lipinski definition) is 0. The molecule has 0 bridgehead atoms. The monoisotopic (exact) mass is 481 g/mol. The Morgan fingerprint density at radius 2 is 1.97 bits per heavy atom. The summed E-state index contributed by atoms with van der Waals surface area (Å²) in [7, 11) is 3.30. The average molecular weight is 482 g/mol. The van der Waals surface area contributed by atoms with Crippen molar-refractivity contribution in [2.75, 3.05) is 33.9 Å². The van der Waals surface area contributed by atoms with Crippen LogP contribution < -0.4 is 14.6 Å². The Hall–Kier alpha value is -3.49. The highest BCUT2D eigenvalue weighted by atomic mass is 16.5. The third kappa shape index (κ3) is 3.47. The van der Waals surface area contributed by atoms with Gasteiger partial charge in [0.15, 0.2) is 11.3 Å². The summed E-state index contributed by atoms with van der Waals surface area (Å²) in [4.78, 5) is 32.6. The fraction of sp³-hybridized carbons (Fsp3) is 0.500. The molecule has 35 heavy (non-hydrogen) atoms. The van der Waals surface area contributed by atoms with Crippen molar-refractivity contribution in [2.45, 2.75) is 51.6 Å². The number of carbonyl (C=O) groups excluding carboxylic acids is 2. The number of amides is 3. The molecule has 9 heteroatoms. The number of ether oxygens (including phenoxy) is 2. The quantitative estimate of drug-likeness (QED) is 0.668. The van der Waals surface area contributed by atoms with Crippen molar-refractivity contribution in [2.24, 2.45) is 0 Å². The molecular formula is C26H33N4O5+. The second-order valence-electron chi connectivity index (χ2n) is 9.51. The fourth-order valence-corrected chi connectivity index (χ4v) is 6.06. The average Bonchev–Trinajstić information content (AvgIpc) is 3.32. The molecule has 1 atom stereocenters. The second-order valence-corrected chi connectivity index (χ2v) is 9.51. The number of benzene rings is 1. The van der Waals surface area contributed by atoms with Gasteiger partial charge in [0.2, 0.25) is 6.20 Å². The lowest BCUT2D eigenvalue weighted by Gasteiger charge is -2.44. The molecule has 3 aliphatic rings. The number of aromatic nitrogens is 1. The second kappa shape index (κ2) is 8.62. The van der Waals surface area contributed by atoms with Crippen LogP contribution in [-0.2, 0) is 6.54 Å². The van der Waals surface area contributed by atoms with E-state index in [1.807, 2.05) is 33.8 Å². The lowest BCUT2D eigenvalue weighted by molar-refractivity contribution is -0.610. The Labute approximate surface area is 205 Å². The van der Waals surface area contributed by atoms with Gasteiger partial charge in [0.05, 0.1) is 26.3 Å². The van der Waals surface area contributed by atoms with Gasteiger partial charge in [-0.25, -0.2) is 9.32 Å². The number of likely N-dealkylation sites (tertiary alicyclic amines) is 1. The van der Waals surface area contributed by atoms with Crippen LogP contribution in [-0.4, -0.2) is 66.0 Å². The maximum absolute atomic E-state index is 13.7. The molecule has 1 aromatic heterocycles. The topological polar surface area (TPSA) is 89.6 Å². The molecule has 1 aromatic carbocycles. The highest BCUT2D eigenvalue weighted by molar-refractivity contribution is 5.94. The molecule has 2 aromatic rings. The first-order valence-corrected chi connectivity index (χ1v) is 12.2. The van der Waals surface area contributed by atoms with Crippen molar-refractivity contribution < 1.29 is 28.7 Å². The van der Waals surface area contributed by atoms with Gasteiger partial charge in [-0.15, -0.1) is 0 Å². The number of carbonyl (C=O) groups is 2. The molecule has 0 aliphatic carbocycles. The Balaban J connectivity index is 1.50. The first-order chi connectivity index (χ1) is 16.8. The van der Waals surface area contributed by atoms with E-state index >= 15 is 0 Å². The summed E-state index contributed by atoms with van der Waals surface area (Å²) in [6.45, 7) is 8.15. The van der Waals surface area contributed by atoms with E-state index in [0.29, 0.717) is 56.1 Å². The van der Waals surface area contributed by atoms with Crippen molar-refractivity contribution in [1.29, 1.82) is 0 Å². The van der Waals surface area contributed by atoms with Crippen molar-refractivity contribution in [3.05, 3.63) is 52.6 Å². The summed E-state index contributed by atoms with van der Waals surface area (Å²) in [6.07, 6.45) is 5.20. The molecule has 4 heterocycles. The van der Waals surface area contributed by atoms with Crippen LogP contribution in [0.15, 0.2) is 34.6 Å². The zero-order valence-corrected chi connectivity index (χ0v) is 21.0. The van der Waals surface area contributed by atoms with Crippen LogP contribution in [0.1, 0.15) is 59.9 Å². The molecular weight excluding hydrogens is 448 g/mol. The number of rotatable bonds is 4. The van der Waals surface area contributed by atoms with E-state index in [-0.39, 0.29) is 17.9 Å². The van der Waals surface area contributed by atoms with Gasteiger partial charge in [-0.05, 0) is 36.6 Å². The Morgan fingerprint density at radius 1 is 1.23 bits per heavy atom. The molecule has 186 valence electrons. The minimum Gasteiger partial charge on any atom is -0.497 e. The number of nitrogens with zero attached hydrogens (tertiary/aromatic N) is 3. The minimum absolute atomic E-state index is 0.0145. The number of allylic oxidation sites excluding steroid dienone is 1. The maximum Gasteiger partial charge on any atom is 0.325 e. The van der Waals surface area contributed by atoms with Crippen molar-refractivity contribution in [3.63, 3.8) is 0 Å². The van der Waals surface area contributed by atoms with Crippen LogP contribution >= 0.6 is 0 Å². The zero-order chi connectivity index (χ0) is 24.9. The number of aromatic amines is 1. The highest BCUT2D eigenvalue weighted by Crippen LogP contribution is 2.49.